The molecule has 2 aliphatic heterocycles. The van der Waals surface area contributed by atoms with Crippen LogP contribution in [0.5, 0.6) is 5.75 Å². The Kier molecular flexibility index (Phi) is 15.2. The van der Waals surface area contributed by atoms with Crippen molar-refractivity contribution in [2.24, 2.45) is 0 Å². The number of hydrogen-bond donors (Lipinski definition) is 1. The van der Waals surface area contributed by atoms with Gasteiger partial charge in [0.15, 0.2) is 30.7 Å². The molecule has 2 heterocycles. The van der Waals surface area contributed by atoms with Crippen LogP contribution in [0, 0.1) is 0 Å². The third-order valence-corrected chi connectivity index (χ3v) is 13.5. The molecule has 2 saturated heterocycles. The number of rotatable bonds is 13. The molecule has 0 aliphatic carbocycles. The first-order valence-corrected chi connectivity index (χ1v) is 20.3. The Morgan fingerprint density at radius 2 is 1.28 bits per heavy atom. The number of aliphatic hydroxyl groups is 1. The summed E-state index contributed by atoms with van der Waals surface area (Å²) in [5, 5.41) is 11.9. The highest BCUT2D eigenvalue weighted by atomic mass is 28.4. The zero-order valence-electron chi connectivity index (χ0n) is 32.5. The Morgan fingerprint density at radius 3 is 1.80 bits per heavy atom. The Balaban J connectivity index is 2.18. The van der Waals surface area contributed by atoms with Crippen LogP contribution in [0.1, 0.15) is 73.5 Å². The fourth-order valence-electron chi connectivity index (χ4n) is 5.76. The molecule has 18 heteroatoms. The minimum Gasteiger partial charge on any atom is -0.543 e. The first kappa shape index (κ1) is 44.3. The molecule has 1 aromatic carbocycles. The second kappa shape index (κ2) is 18.5. The van der Waals surface area contributed by atoms with E-state index in [9.17, 15) is 33.9 Å². The van der Waals surface area contributed by atoms with Crippen molar-refractivity contribution in [1.82, 2.24) is 0 Å². The van der Waals surface area contributed by atoms with Crippen molar-refractivity contribution >= 4 is 44.1 Å². The smallest absolute Gasteiger partial charge is 0.308 e. The fraction of sp³-hybridized carbons (Fsp3) is 0.667. The van der Waals surface area contributed by atoms with Crippen LogP contribution in [0.2, 0.25) is 18.1 Å². The molecule has 3 rings (SSSR count). The topological polar surface area (TPSA) is 215 Å². The molecule has 2 fully saturated rings. The maximum atomic E-state index is 12.7. The lowest BCUT2D eigenvalue weighted by atomic mass is 9.89. The van der Waals surface area contributed by atoms with Gasteiger partial charge < -0.3 is 52.2 Å². The molecule has 0 spiro atoms. The van der Waals surface area contributed by atoms with Gasteiger partial charge in [0, 0.05) is 34.6 Å². The molecule has 0 saturated carbocycles. The van der Waals surface area contributed by atoms with Crippen LogP contribution in [0.4, 0.5) is 0 Å². The lowest BCUT2D eigenvalue weighted by Crippen LogP contribution is -2.65. The van der Waals surface area contributed by atoms with Gasteiger partial charge in [-0.1, -0.05) is 32.9 Å². The lowest BCUT2D eigenvalue weighted by Gasteiger charge is -2.48. The molecule has 54 heavy (non-hydrogen) atoms. The third-order valence-electron chi connectivity index (χ3n) is 9.16. The standard InChI is InChI=1S/C36H52O17Si/c1-18(37)45-17-26-31(47-20(3)39)33(48-21(4)40)34(49-22(5)41)35(51-26)52-32-28(43)29(50-25(16-27(42)44-9)30(32)46-19(2)38)23-13-12-14-24(15-23)53-54(10,11)36(6,7)8/h12-15,25-26,28-35,43H,16-17H2,1-11H3/t25-,26-,28-,29-,30-,31-,32-,33-,34-,35-/m1/s1. The number of ether oxygens (including phenoxy) is 9. The summed E-state index contributed by atoms with van der Waals surface area (Å²) in [5.74, 6) is -4.40. The zero-order chi connectivity index (χ0) is 40.7. The highest BCUT2D eigenvalue weighted by molar-refractivity contribution is 6.74. The van der Waals surface area contributed by atoms with Crippen molar-refractivity contribution in [3.63, 3.8) is 0 Å². The van der Waals surface area contributed by atoms with Crippen molar-refractivity contribution in [2.75, 3.05) is 13.7 Å². The average Bonchev–Trinajstić information content (AvgIpc) is 3.04. The number of methoxy groups -OCH3 is 1. The molecule has 302 valence electrons. The molecular weight excluding hydrogens is 732 g/mol. The number of esters is 6. The Labute approximate surface area is 315 Å². The normalized spacial score (nSPS) is 28.5. The summed E-state index contributed by atoms with van der Waals surface area (Å²) in [6, 6.07) is 6.81. The largest absolute Gasteiger partial charge is 0.543 e. The quantitative estimate of drug-likeness (QED) is 0.173. The van der Waals surface area contributed by atoms with Gasteiger partial charge >= 0.3 is 35.8 Å². The number of aliphatic hydroxyl groups excluding tert-OH is 1. The molecule has 1 N–H and O–H groups in total. The maximum Gasteiger partial charge on any atom is 0.308 e. The lowest BCUT2D eigenvalue weighted by molar-refractivity contribution is -0.344. The van der Waals surface area contributed by atoms with Crippen LogP contribution >= 0.6 is 0 Å². The molecule has 0 amide bonds. The van der Waals surface area contributed by atoms with Crippen LogP contribution in [0.3, 0.4) is 0 Å². The first-order valence-electron chi connectivity index (χ1n) is 17.4. The fourth-order valence-corrected chi connectivity index (χ4v) is 6.78. The summed E-state index contributed by atoms with van der Waals surface area (Å²) >= 11 is 0. The van der Waals surface area contributed by atoms with E-state index in [0.29, 0.717) is 11.3 Å². The van der Waals surface area contributed by atoms with E-state index >= 15 is 0 Å². The molecule has 0 radical (unpaired) electrons. The van der Waals surface area contributed by atoms with Crippen molar-refractivity contribution in [2.45, 2.75) is 141 Å². The summed E-state index contributed by atoms with van der Waals surface area (Å²) < 4.78 is 57.4. The van der Waals surface area contributed by atoms with Crippen LogP contribution in [0.15, 0.2) is 24.3 Å². The Hall–Kier alpha value is -4.10. The van der Waals surface area contributed by atoms with Gasteiger partial charge in [-0.3, -0.25) is 28.8 Å². The molecule has 0 unspecified atom stereocenters. The van der Waals surface area contributed by atoms with Gasteiger partial charge in [0.1, 0.15) is 42.9 Å². The third kappa shape index (κ3) is 11.7. The molecule has 17 nitrogen and oxygen atoms in total. The van der Waals surface area contributed by atoms with Gasteiger partial charge in [-0.2, -0.15) is 0 Å². The summed E-state index contributed by atoms with van der Waals surface area (Å²) in [6.45, 7) is 15.3. The van der Waals surface area contributed by atoms with Crippen LogP contribution in [-0.2, 0) is 71.4 Å². The van der Waals surface area contributed by atoms with Gasteiger partial charge in [-0.15, -0.1) is 0 Å². The SMILES string of the molecule is COC(=O)C[C@H]1O[C@H](c2cccc(O[Si](C)(C)C(C)(C)C)c2)[C@@H](O)[C@@H](O[C@H]2O[C@H](COC(C)=O)[C@@H](OC(C)=O)[C@@H](OC(C)=O)[C@H]2OC(C)=O)[C@@H]1OC(C)=O. The predicted molar refractivity (Wildman–Crippen MR) is 187 cm³/mol. The van der Waals surface area contributed by atoms with E-state index in [2.05, 4.69) is 33.9 Å². The Morgan fingerprint density at radius 1 is 0.741 bits per heavy atom. The van der Waals surface area contributed by atoms with Crippen molar-refractivity contribution in [3.8, 4) is 5.75 Å². The molecule has 0 bridgehead atoms. The second-order valence-corrected chi connectivity index (χ2v) is 19.3. The first-order chi connectivity index (χ1) is 25.0. The number of carbonyl (C=O) groups is 6. The van der Waals surface area contributed by atoms with Crippen LogP contribution in [0.25, 0.3) is 0 Å². The van der Waals surface area contributed by atoms with Crippen LogP contribution < -0.4 is 4.43 Å². The van der Waals surface area contributed by atoms with Gasteiger partial charge in [0.2, 0.25) is 8.32 Å². The molecule has 2 aliphatic rings. The minimum atomic E-state index is -2.33. The second-order valence-electron chi connectivity index (χ2n) is 14.5. The highest BCUT2D eigenvalue weighted by Gasteiger charge is 2.57. The molecule has 1 aromatic rings. The number of hydrogen-bond acceptors (Lipinski definition) is 17. The molecule has 0 aromatic heterocycles. The van der Waals surface area contributed by atoms with Gasteiger partial charge in [0.25, 0.3) is 0 Å². The van der Waals surface area contributed by atoms with Crippen molar-refractivity contribution < 1.29 is 80.9 Å². The summed E-state index contributed by atoms with van der Waals surface area (Å²) in [5.41, 5.74) is 0.407. The monoisotopic (exact) mass is 784 g/mol. The van der Waals surface area contributed by atoms with E-state index in [-0.39, 0.29) is 5.04 Å². The summed E-state index contributed by atoms with van der Waals surface area (Å²) in [4.78, 5) is 74.1. The average molecular weight is 785 g/mol. The zero-order valence-corrected chi connectivity index (χ0v) is 33.5. The molecule has 10 atom stereocenters. The van der Waals surface area contributed by atoms with Gasteiger partial charge in [-0.25, -0.2) is 0 Å². The van der Waals surface area contributed by atoms with Crippen molar-refractivity contribution in [3.05, 3.63) is 29.8 Å². The van der Waals surface area contributed by atoms with Crippen molar-refractivity contribution in [1.29, 1.82) is 0 Å². The Bertz CT molecular complexity index is 1520. The summed E-state index contributed by atoms with van der Waals surface area (Å²) in [7, 11) is -1.17. The van der Waals surface area contributed by atoms with Gasteiger partial charge in [-0.05, 0) is 35.8 Å². The van der Waals surface area contributed by atoms with E-state index in [1.54, 1.807) is 24.3 Å². The van der Waals surface area contributed by atoms with E-state index in [1.807, 2.05) is 0 Å². The maximum absolute atomic E-state index is 12.7. The number of carbonyl (C=O) groups excluding carboxylic acids is 6. The predicted octanol–water partition coefficient (Wildman–Crippen LogP) is 2.83. The van der Waals surface area contributed by atoms with E-state index in [0.717, 1.165) is 41.7 Å². The number of benzene rings is 1. The van der Waals surface area contributed by atoms with E-state index in [1.165, 1.54) is 0 Å². The highest BCUT2D eigenvalue weighted by Crippen LogP contribution is 2.42. The van der Waals surface area contributed by atoms with Gasteiger partial charge in [0.05, 0.1) is 13.5 Å². The van der Waals surface area contributed by atoms with Crippen LogP contribution in [-0.4, -0.2) is 118 Å². The van der Waals surface area contributed by atoms with E-state index in [4.69, 9.17) is 47.1 Å². The minimum absolute atomic E-state index is 0.143. The molecular formula is C36H52O17Si. The van der Waals surface area contributed by atoms with E-state index < -0.39 is 118 Å². The summed E-state index contributed by atoms with van der Waals surface area (Å²) in [6.07, 6.45) is -15.7.